The van der Waals surface area contributed by atoms with E-state index >= 15 is 0 Å². The highest BCUT2D eigenvalue weighted by Crippen LogP contribution is 2.23. The Hall–Kier alpha value is -1.31. The van der Waals surface area contributed by atoms with Crippen LogP contribution >= 0.6 is 11.6 Å². The van der Waals surface area contributed by atoms with Crippen molar-refractivity contribution in [3.63, 3.8) is 0 Å². The van der Waals surface area contributed by atoms with E-state index in [1.165, 1.54) is 6.20 Å². The Balaban J connectivity index is 2.74. The lowest BCUT2D eigenvalue weighted by Gasteiger charge is -2.23. The van der Waals surface area contributed by atoms with Gasteiger partial charge in [0.25, 0.3) is 0 Å². The minimum Gasteiger partial charge on any atom is -0.388 e. The number of rotatable bonds is 5. The second-order valence-electron chi connectivity index (χ2n) is 4.23. The number of aromatic nitrogens is 1. The minimum absolute atomic E-state index is 0.294. The summed E-state index contributed by atoms with van der Waals surface area (Å²) in [7, 11) is 0. The van der Waals surface area contributed by atoms with Crippen molar-refractivity contribution < 1.29 is 5.11 Å². The third kappa shape index (κ3) is 3.88. The number of pyridine rings is 1. The zero-order valence-corrected chi connectivity index (χ0v) is 10.8. The van der Waals surface area contributed by atoms with Gasteiger partial charge in [-0.2, -0.15) is 5.26 Å². The summed E-state index contributed by atoms with van der Waals surface area (Å²) in [6.07, 6.45) is 3.10. The number of anilines is 1. The quantitative estimate of drug-likeness (QED) is 0.846. The number of hydrogen-bond donors (Lipinski definition) is 2. The number of nitriles is 1. The van der Waals surface area contributed by atoms with E-state index in [-0.39, 0.29) is 0 Å². The summed E-state index contributed by atoms with van der Waals surface area (Å²) in [4.78, 5) is 4.04. The first-order valence-corrected chi connectivity index (χ1v) is 5.89. The molecule has 0 saturated carbocycles. The molecule has 0 aliphatic heterocycles. The number of aliphatic hydroxyl groups is 1. The van der Waals surface area contributed by atoms with E-state index in [2.05, 4.69) is 10.3 Å². The Morgan fingerprint density at radius 3 is 2.94 bits per heavy atom. The van der Waals surface area contributed by atoms with Gasteiger partial charge in [0.2, 0.25) is 0 Å². The average Bonchev–Trinajstić information content (AvgIpc) is 2.28. The van der Waals surface area contributed by atoms with Gasteiger partial charge in [-0.25, -0.2) is 4.98 Å². The van der Waals surface area contributed by atoms with Gasteiger partial charge < -0.3 is 10.4 Å². The van der Waals surface area contributed by atoms with E-state index in [0.29, 0.717) is 29.4 Å². The van der Waals surface area contributed by atoms with Crippen LogP contribution in [0.5, 0.6) is 0 Å². The van der Waals surface area contributed by atoms with E-state index in [4.69, 9.17) is 16.9 Å². The summed E-state index contributed by atoms with van der Waals surface area (Å²) >= 11 is 5.99. The van der Waals surface area contributed by atoms with Crippen molar-refractivity contribution in [2.24, 2.45) is 0 Å². The van der Waals surface area contributed by atoms with Crippen LogP contribution in [0, 0.1) is 11.3 Å². The fourth-order valence-electron chi connectivity index (χ4n) is 1.55. The highest BCUT2D eigenvalue weighted by molar-refractivity contribution is 6.34. The Morgan fingerprint density at radius 2 is 2.35 bits per heavy atom. The van der Waals surface area contributed by atoms with Crippen molar-refractivity contribution in [2.75, 3.05) is 11.9 Å². The van der Waals surface area contributed by atoms with Crippen LogP contribution in [0.4, 0.5) is 5.82 Å². The SMILES string of the molecule is CCCC(C)(O)CNc1nccc(C#N)c1Cl. The molecule has 0 fully saturated rings. The minimum atomic E-state index is -0.803. The van der Waals surface area contributed by atoms with Gasteiger partial charge >= 0.3 is 0 Å². The van der Waals surface area contributed by atoms with Gasteiger partial charge in [-0.1, -0.05) is 24.9 Å². The molecule has 1 heterocycles. The lowest BCUT2D eigenvalue weighted by Crippen LogP contribution is -2.33. The maximum absolute atomic E-state index is 9.99. The van der Waals surface area contributed by atoms with E-state index < -0.39 is 5.60 Å². The Bertz CT molecular complexity index is 426. The molecule has 0 spiro atoms. The van der Waals surface area contributed by atoms with Gasteiger partial charge in [0.1, 0.15) is 16.9 Å². The summed E-state index contributed by atoms with van der Waals surface area (Å²) in [5.41, 5.74) is -0.429. The smallest absolute Gasteiger partial charge is 0.146 e. The van der Waals surface area contributed by atoms with Gasteiger partial charge in [-0.3, -0.25) is 0 Å². The highest BCUT2D eigenvalue weighted by atomic mass is 35.5. The molecule has 0 radical (unpaired) electrons. The highest BCUT2D eigenvalue weighted by Gasteiger charge is 2.19. The molecule has 0 aromatic carbocycles. The molecule has 1 atom stereocenters. The second kappa shape index (κ2) is 5.85. The summed E-state index contributed by atoms with van der Waals surface area (Å²) in [6.45, 7) is 4.12. The first-order chi connectivity index (χ1) is 8.00. The fourth-order valence-corrected chi connectivity index (χ4v) is 1.78. The first kappa shape index (κ1) is 13.8. The number of nitrogens with one attached hydrogen (secondary N) is 1. The summed E-state index contributed by atoms with van der Waals surface area (Å²) in [6, 6.07) is 3.54. The Labute approximate surface area is 106 Å². The normalized spacial score (nSPS) is 13.8. The zero-order valence-electron chi connectivity index (χ0n) is 10.00. The van der Waals surface area contributed by atoms with Crippen molar-refractivity contribution in [3.05, 3.63) is 22.8 Å². The van der Waals surface area contributed by atoms with Crippen LogP contribution in [0.15, 0.2) is 12.3 Å². The van der Waals surface area contributed by atoms with Gasteiger partial charge in [-0.15, -0.1) is 0 Å². The molecule has 0 saturated heterocycles. The van der Waals surface area contributed by atoms with Gasteiger partial charge in [0.15, 0.2) is 0 Å². The van der Waals surface area contributed by atoms with Crippen molar-refractivity contribution in [1.29, 1.82) is 5.26 Å². The van der Waals surface area contributed by atoms with Crippen molar-refractivity contribution in [1.82, 2.24) is 4.98 Å². The van der Waals surface area contributed by atoms with E-state index in [1.807, 2.05) is 13.0 Å². The Kier molecular flexibility index (Phi) is 4.73. The lowest BCUT2D eigenvalue weighted by molar-refractivity contribution is 0.0636. The number of nitrogens with zero attached hydrogens (tertiary/aromatic N) is 2. The summed E-state index contributed by atoms with van der Waals surface area (Å²) in [5, 5.41) is 22.1. The molecule has 92 valence electrons. The maximum atomic E-state index is 9.99. The molecule has 0 bridgehead atoms. The molecule has 1 aromatic rings. The largest absolute Gasteiger partial charge is 0.388 e. The molecular weight excluding hydrogens is 238 g/mol. The van der Waals surface area contributed by atoms with Gasteiger partial charge in [0.05, 0.1) is 11.2 Å². The molecule has 1 rings (SSSR count). The molecule has 0 amide bonds. The molecule has 2 N–H and O–H groups in total. The summed E-state index contributed by atoms with van der Waals surface area (Å²) < 4.78 is 0. The average molecular weight is 254 g/mol. The molecule has 1 unspecified atom stereocenters. The van der Waals surface area contributed by atoms with Crippen molar-refractivity contribution >= 4 is 17.4 Å². The summed E-state index contributed by atoms with van der Waals surface area (Å²) in [5.74, 6) is 0.432. The molecule has 0 aliphatic carbocycles. The monoisotopic (exact) mass is 253 g/mol. The first-order valence-electron chi connectivity index (χ1n) is 5.51. The van der Waals surface area contributed by atoms with Crippen LogP contribution in [-0.2, 0) is 0 Å². The second-order valence-corrected chi connectivity index (χ2v) is 4.61. The van der Waals surface area contributed by atoms with Crippen LogP contribution in [0.2, 0.25) is 5.02 Å². The van der Waals surface area contributed by atoms with Crippen LogP contribution in [0.3, 0.4) is 0 Å². The predicted molar refractivity (Wildman–Crippen MR) is 68.0 cm³/mol. The topological polar surface area (TPSA) is 68.9 Å². The van der Waals surface area contributed by atoms with Crippen LogP contribution < -0.4 is 5.32 Å². The lowest BCUT2D eigenvalue weighted by atomic mass is 10.0. The van der Waals surface area contributed by atoms with Gasteiger partial charge in [-0.05, 0) is 19.4 Å². The van der Waals surface area contributed by atoms with E-state index in [1.54, 1.807) is 13.0 Å². The van der Waals surface area contributed by atoms with E-state index in [0.717, 1.165) is 6.42 Å². The van der Waals surface area contributed by atoms with Crippen LogP contribution in [0.1, 0.15) is 32.3 Å². The van der Waals surface area contributed by atoms with Crippen LogP contribution in [-0.4, -0.2) is 22.2 Å². The standard InChI is InChI=1S/C12H16ClN3O/c1-3-5-12(2,17)8-16-11-10(13)9(7-14)4-6-15-11/h4,6,17H,3,5,8H2,1-2H3,(H,15,16). The fraction of sp³-hybridized carbons (Fsp3) is 0.500. The maximum Gasteiger partial charge on any atom is 0.146 e. The third-order valence-electron chi connectivity index (χ3n) is 2.43. The molecule has 4 nitrogen and oxygen atoms in total. The Morgan fingerprint density at radius 1 is 1.65 bits per heavy atom. The zero-order chi connectivity index (χ0) is 12.9. The molecular formula is C12H16ClN3O. The molecule has 1 aromatic heterocycles. The van der Waals surface area contributed by atoms with E-state index in [9.17, 15) is 5.11 Å². The van der Waals surface area contributed by atoms with Crippen LogP contribution in [0.25, 0.3) is 0 Å². The predicted octanol–water partition coefficient (Wildman–Crippen LogP) is 2.57. The number of hydrogen-bond acceptors (Lipinski definition) is 4. The van der Waals surface area contributed by atoms with Gasteiger partial charge in [0, 0.05) is 12.7 Å². The third-order valence-corrected chi connectivity index (χ3v) is 2.82. The van der Waals surface area contributed by atoms with Crippen molar-refractivity contribution in [2.45, 2.75) is 32.3 Å². The van der Waals surface area contributed by atoms with Crippen molar-refractivity contribution in [3.8, 4) is 6.07 Å². The molecule has 17 heavy (non-hydrogen) atoms. The molecule has 0 aliphatic rings. The number of halogens is 1. The molecule has 5 heteroatoms.